The van der Waals surface area contributed by atoms with Crippen molar-refractivity contribution in [3.63, 3.8) is 0 Å². The van der Waals surface area contributed by atoms with E-state index in [9.17, 15) is 9.59 Å². The lowest BCUT2D eigenvalue weighted by molar-refractivity contribution is -0.121. The highest BCUT2D eigenvalue weighted by Gasteiger charge is 2.29. The van der Waals surface area contributed by atoms with Gasteiger partial charge < -0.3 is 10.2 Å². The molecule has 0 radical (unpaired) electrons. The number of rotatable bonds is 4. The Morgan fingerprint density at radius 2 is 2.12 bits per heavy atom. The van der Waals surface area contributed by atoms with Gasteiger partial charge in [-0.15, -0.1) is 11.3 Å². The third-order valence-corrected chi connectivity index (χ3v) is 5.66. The van der Waals surface area contributed by atoms with Crippen molar-refractivity contribution in [1.29, 1.82) is 0 Å². The lowest BCUT2D eigenvalue weighted by Crippen LogP contribution is -2.43. The first-order valence-electron chi connectivity index (χ1n) is 8.82. The number of likely N-dealkylation sites (tertiary alicyclic amines) is 1. The van der Waals surface area contributed by atoms with Crippen molar-refractivity contribution in [3.8, 4) is 0 Å². The minimum Gasteiger partial charge on any atom is -0.337 e. The first-order chi connectivity index (χ1) is 12.1. The van der Waals surface area contributed by atoms with E-state index in [1.807, 2.05) is 41.5 Å². The zero-order valence-corrected chi connectivity index (χ0v) is 15.6. The van der Waals surface area contributed by atoms with Crippen LogP contribution in [0, 0.1) is 12.8 Å². The fourth-order valence-corrected chi connectivity index (χ4v) is 4.05. The van der Waals surface area contributed by atoms with Gasteiger partial charge >= 0.3 is 0 Å². The van der Waals surface area contributed by atoms with E-state index in [0.29, 0.717) is 6.54 Å². The largest absolute Gasteiger partial charge is 0.337 e. The fourth-order valence-electron chi connectivity index (χ4n) is 3.36. The molecular formula is C20H24N2O2S. The monoisotopic (exact) mass is 356 g/mol. The van der Waals surface area contributed by atoms with Crippen LogP contribution >= 0.6 is 11.3 Å². The SMILES string of the molecule is CCc1cccc(C)c1NC(=O)[C@@H]1CCCN(C(=O)c2cccs2)C1. The average molecular weight is 356 g/mol. The van der Waals surface area contributed by atoms with Crippen LogP contribution in [0.25, 0.3) is 0 Å². The van der Waals surface area contributed by atoms with Crippen LogP contribution in [0.15, 0.2) is 35.7 Å². The van der Waals surface area contributed by atoms with Gasteiger partial charge in [-0.2, -0.15) is 0 Å². The molecule has 0 bridgehead atoms. The standard InChI is InChI=1S/C20H24N2O2S/c1-3-15-8-4-7-14(2)18(15)21-19(23)16-9-5-11-22(13-16)20(24)17-10-6-12-25-17/h4,6-8,10,12,16H,3,5,9,11,13H2,1-2H3,(H,21,23)/t16-/m1/s1. The van der Waals surface area contributed by atoms with E-state index in [2.05, 4.69) is 18.3 Å². The van der Waals surface area contributed by atoms with E-state index in [0.717, 1.165) is 47.5 Å². The van der Waals surface area contributed by atoms with Crippen LogP contribution in [0.4, 0.5) is 5.69 Å². The van der Waals surface area contributed by atoms with Crippen molar-refractivity contribution >= 4 is 28.8 Å². The highest BCUT2D eigenvalue weighted by molar-refractivity contribution is 7.12. The van der Waals surface area contributed by atoms with Crippen molar-refractivity contribution in [2.75, 3.05) is 18.4 Å². The van der Waals surface area contributed by atoms with E-state index < -0.39 is 0 Å². The summed E-state index contributed by atoms with van der Waals surface area (Å²) in [6.45, 7) is 5.33. The summed E-state index contributed by atoms with van der Waals surface area (Å²) in [4.78, 5) is 27.9. The molecule has 4 nitrogen and oxygen atoms in total. The highest BCUT2D eigenvalue weighted by atomic mass is 32.1. The van der Waals surface area contributed by atoms with Gasteiger partial charge in [0.25, 0.3) is 5.91 Å². The fraction of sp³-hybridized carbons (Fsp3) is 0.400. The first kappa shape index (κ1) is 17.7. The number of aryl methyl sites for hydroxylation is 2. The van der Waals surface area contributed by atoms with E-state index >= 15 is 0 Å². The third kappa shape index (κ3) is 3.93. The Bertz CT molecular complexity index is 755. The zero-order valence-electron chi connectivity index (χ0n) is 14.7. The van der Waals surface area contributed by atoms with E-state index in [-0.39, 0.29) is 17.7 Å². The lowest BCUT2D eigenvalue weighted by Gasteiger charge is -2.32. The molecule has 0 aliphatic carbocycles. The van der Waals surface area contributed by atoms with Gasteiger partial charge in [0.15, 0.2) is 0 Å². The number of hydrogen-bond acceptors (Lipinski definition) is 3. The Labute approximate surface area is 152 Å². The number of nitrogens with one attached hydrogen (secondary N) is 1. The Morgan fingerprint density at radius 1 is 1.28 bits per heavy atom. The quantitative estimate of drug-likeness (QED) is 0.896. The van der Waals surface area contributed by atoms with Gasteiger partial charge in [0.2, 0.25) is 5.91 Å². The number of carbonyl (C=O) groups excluding carboxylic acids is 2. The molecule has 132 valence electrons. The molecule has 5 heteroatoms. The summed E-state index contributed by atoms with van der Waals surface area (Å²) in [5.74, 6) is -0.0905. The van der Waals surface area contributed by atoms with E-state index in [1.165, 1.54) is 11.3 Å². The van der Waals surface area contributed by atoms with Crippen molar-refractivity contribution in [2.45, 2.75) is 33.1 Å². The number of nitrogens with zero attached hydrogens (tertiary/aromatic N) is 1. The summed E-state index contributed by atoms with van der Waals surface area (Å²) >= 11 is 1.45. The number of thiophene rings is 1. The summed E-state index contributed by atoms with van der Waals surface area (Å²) in [5.41, 5.74) is 3.16. The van der Waals surface area contributed by atoms with Crippen molar-refractivity contribution in [3.05, 3.63) is 51.7 Å². The minimum atomic E-state index is -0.151. The normalized spacial score (nSPS) is 17.4. The average Bonchev–Trinajstić information content (AvgIpc) is 3.17. The maximum absolute atomic E-state index is 12.8. The van der Waals surface area contributed by atoms with Crippen LogP contribution in [0.2, 0.25) is 0 Å². The van der Waals surface area contributed by atoms with Crippen LogP contribution in [-0.4, -0.2) is 29.8 Å². The molecule has 1 aromatic heterocycles. The van der Waals surface area contributed by atoms with Gasteiger partial charge in [-0.3, -0.25) is 9.59 Å². The molecule has 0 unspecified atom stereocenters. The Morgan fingerprint density at radius 3 is 2.84 bits per heavy atom. The number of carbonyl (C=O) groups is 2. The Balaban J connectivity index is 1.69. The van der Waals surface area contributed by atoms with E-state index in [4.69, 9.17) is 0 Å². The molecule has 2 aromatic rings. The van der Waals surface area contributed by atoms with Crippen LogP contribution in [0.1, 0.15) is 40.6 Å². The second-order valence-corrected chi connectivity index (χ2v) is 7.47. The second kappa shape index (κ2) is 7.83. The Hall–Kier alpha value is -2.14. The van der Waals surface area contributed by atoms with Crippen LogP contribution < -0.4 is 5.32 Å². The number of hydrogen-bond donors (Lipinski definition) is 1. The number of amides is 2. The Kier molecular flexibility index (Phi) is 5.53. The molecule has 1 fully saturated rings. The molecule has 25 heavy (non-hydrogen) atoms. The minimum absolute atomic E-state index is 0.0210. The summed E-state index contributed by atoms with van der Waals surface area (Å²) < 4.78 is 0. The zero-order chi connectivity index (χ0) is 17.8. The van der Waals surface area contributed by atoms with Crippen molar-refractivity contribution in [1.82, 2.24) is 4.90 Å². The summed E-state index contributed by atoms with van der Waals surface area (Å²) in [6.07, 6.45) is 2.57. The van der Waals surface area contributed by atoms with Crippen LogP contribution in [-0.2, 0) is 11.2 Å². The third-order valence-electron chi connectivity index (χ3n) is 4.80. The summed E-state index contributed by atoms with van der Waals surface area (Å²) in [6, 6.07) is 9.82. The van der Waals surface area contributed by atoms with Gasteiger partial charge in [0.05, 0.1) is 10.8 Å². The molecule has 0 spiro atoms. The predicted molar refractivity (Wildman–Crippen MR) is 102 cm³/mol. The topological polar surface area (TPSA) is 49.4 Å². The van der Waals surface area contributed by atoms with E-state index in [1.54, 1.807) is 0 Å². The maximum Gasteiger partial charge on any atom is 0.263 e. The van der Waals surface area contributed by atoms with Gasteiger partial charge in [-0.1, -0.05) is 31.2 Å². The van der Waals surface area contributed by atoms with Gasteiger partial charge in [-0.05, 0) is 48.8 Å². The smallest absolute Gasteiger partial charge is 0.263 e. The lowest BCUT2D eigenvalue weighted by atomic mass is 9.96. The molecule has 1 aromatic carbocycles. The molecule has 1 N–H and O–H groups in total. The van der Waals surface area contributed by atoms with Gasteiger partial charge in [-0.25, -0.2) is 0 Å². The molecule has 0 saturated carbocycles. The molecule has 1 aliphatic rings. The number of anilines is 1. The number of para-hydroxylation sites is 1. The predicted octanol–water partition coefficient (Wildman–Crippen LogP) is 4.11. The van der Waals surface area contributed by atoms with Gasteiger partial charge in [0, 0.05) is 18.8 Å². The van der Waals surface area contributed by atoms with Crippen molar-refractivity contribution < 1.29 is 9.59 Å². The second-order valence-electron chi connectivity index (χ2n) is 6.52. The number of piperidine rings is 1. The molecule has 2 heterocycles. The maximum atomic E-state index is 12.8. The summed E-state index contributed by atoms with van der Waals surface area (Å²) in [7, 11) is 0. The van der Waals surface area contributed by atoms with Gasteiger partial charge in [0.1, 0.15) is 0 Å². The first-order valence-corrected chi connectivity index (χ1v) is 9.70. The van der Waals surface area contributed by atoms with Crippen LogP contribution in [0.5, 0.6) is 0 Å². The highest BCUT2D eigenvalue weighted by Crippen LogP contribution is 2.25. The molecular weight excluding hydrogens is 332 g/mol. The molecule has 3 rings (SSSR count). The van der Waals surface area contributed by atoms with Crippen LogP contribution in [0.3, 0.4) is 0 Å². The molecule has 1 aliphatic heterocycles. The molecule has 1 atom stereocenters. The molecule has 1 saturated heterocycles. The molecule has 2 amide bonds. The summed E-state index contributed by atoms with van der Waals surface area (Å²) in [5, 5.41) is 5.03. The van der Waals surface area contributed by atoms with Crippen molar-refractivity contribution in [2.24, 2.45) is 5.92 Å². The number of benzene rings is 1.